The first kappa shape index (κ1) is 29.6. The summed E-state index contributed by atoms with van der Waals surface area (Å²) in [6.07, 6.45) is 4.03. The maximum absolute atomic E-state index is 13.1. The highest BCUT2D eigenvalue weighted by atomic mass is 32.2. The third-order valence-electron chi connectivity index (χ3n) is 7.21. The van der Waals surface area contributed by atoms with Crippen LogP contribution in [0.1, 0.15) is 50.0 Å². The standard InChI is InChI=1S/C33H37N3O5S/c1-33(2,3)25-7-12-27(13-8-25)40-28-14-9-26(10-15-28)36-42(38,39)30-16-17-32-23(19-30)6-11-29(41-32)21-35-22-31(37)24-5-4-18-34-20-24/h4-5,7-10,12-20,29,31,35-37H,6,11,21-22H2,1-3H3. The summed E-state index contributed by atoms with van der Waals surface area (Å²) in [6.45, 7) is 7.44. The van der Waals surface area contributed by atoms with Crippen LogP contribution in [0.15, 0.2) is 96.2 Å². The van der Waals surface area contributed by atoms with Crippen LogP contribution in [0.3, 0.4) is 0 Å². The predicted molar refractivity (Wildman–Crippen MR) is 164 cm³/mol. The van der Waals surface area contributed by atoms with Crippen LogP contribution in [-0.2, 0) is 21.9 Å². The van der Waals surface area contributed by atoms with E-state index in [4.69, 9.17) is 9.47 Å². The summed E-state index contributed by atoms with van der Waals surface area (Å²) in [5, 5.41) is 13.6. The minimum Gasteiger partial charge on any atom is -0.489 e. The van der Waals surface area contributed by atoms with Crippen LogP contribution in [0.4, 0.5) is 5.69 Å². The molecule has 42 heavy (non-hydrogen) atoms. The number of aromatic nitrogens is 1. The Morgan fingerprint density at radius 1 is 1.02 bits per heavy atom. The van der Waals surface area contributed by atoms with Crippen LogP contribution in [0.5, 0.6) is 17.2 Å². The van der Waals surface area contributed by atoms with E-state index in [1.165, 1.54) is 5.56 Å². The maximum Gasteiger partial charge on any atom is 0.261 e. The van der Waals surface area contributed by atoms with Gasteiger partial charge in [0.1, 0.15) is 23.4 Å². The average molecular weight is 588 g/mol. The van der Waals surface area contributed by atoms with Gasteiger partial charge in [0, 0.05) is 36.7 Å². The lowest BCUT2D eigenvalue weighted by molar-refractivity contribution is 0.146. The van der Waals surface area contributed by atoms with Gasteiger partial charge in [0.15, 0.2) is 0 Å². The summed E-state index contributed by atoms with van der Waals surface area (Å²) in [5.74, 6) is 2.01. The van der Waals surface area contributed by atoms with Gasteiger partial charge in [0.2, 0.25) is 0 Å². The Bertz CT molecular complexity index is 1590. The minimum absolute atomic E-state index is 0.0642. The van der Waals surface area contributed by atoms with E-state index in [1.54, 1.807) is 60.9 Å². The first-order valence-electron chi connectivity index (χ1n) is 14.1. The molecule has 0 saturated carbocycles. The molecule has 0 aliphatic carbocycles. The number of benzene rings is 3. The van der Waals surface area contributed by atoms with E-state index in [0.29, 0.717) is 42.4 Å². The van der Waals surface area contributed by atoms with Gasteiger partial charge < -0.3 is 19.9 Å². The van der Waals surface area contributed by atoms with Crippen molar-refractivity contribution in [2.45, 2.75) is 56.1 Å². The van der Waals surface area contributed by atoms with Gasteiger partial charge in [-0.15, -0.1) is 0 Å². The van der Waals surface area contributed by atoms with E-state index in [-0.39, 0.29) is 16.4 Å². The van der Waals surface area contributed by atoms with Gasteiger partial charge in [-0.25, -0.2) is 8.42 Å². The number of rotatable bonds is 10. The molecule has 5 rings (SSSR count). The Balaban J connectivity index is 1.15. The molecule has 2 atom stereocenters. The van der Waals surface area contributed by atoms with Crippen LogP contribution in [0, 0.1) is 0 Å². The number of aryl methyl sites for hydroxylation is 1. The molecule has 220 valence electrons. The second-order valence-corrected chi connectivity index (χ2v) is 13.2. The van der Waals surface area contributed by atoms with Crippen molar-refractivity contribution in [3.63, 3.8) is 0 Å². The van der Waals surface area contributed by atoms with E-state index in [1.807, 2.05) is 18.2 Å². The number of aliphatic hydroxyl groups is 1. The number of ether oxygens (including phenoxy) is 2. The Kier molecular flexibility index (Phi) is 8.82. The smallest absolute Gasteiger partial charge is 0.261 e. The molecular formula is C33H37N3O5S. The summed E-state index contributed by atoms with van der Waals surface area (Å²) >= 11 is 0. The highest BCUT2D eigenvalue weighted by molar-refractivity contribution is 7.92. The Morgan fingerprint density at radius 2 is 1.74 bits per heavy atom. The van der Waals surface area contributed by atoms with Crippen LogP contribution in [0.2, 0.25) is 0 Å². The van der Waals surface area contributed by atoms with Gasteiger partial charge in [0.25, 0.3) is 10.0 Å². The molecule has 1 aromatic heterocycles. The van der Waals surface area contributed by atoms with E-state index in [2.05, 4.69) is 47.9 Å². The molecule has 0 fully saturated rings. The van der Waals surface area contributed by atoms with Crippen molar-refractivity contribution in [1.29, 1.82) is 0 Å². The highest BCUT2D eigenvalue weighted by Gasteiger charge is 2.23. The molecule has 0 saturated heterocycles. The van der Waals surface area contributed by atoms with E-state index < -0.39 is 16.1 Å². The Hall–Kier alpha value is -3.92. The van der Waals surface area contributed by atoms with Gasteiger partial charge in [-0.05, 0) is 90.0 Å². The summed E-state index contributed by atoms with van der Waals surface area (Å²) in [5.41, 5.74) is 3.34. The normalized spacial score (nSPS) is 15.8. The summed E-state index contributed by atoms with van der Waals surface area (Å²) in [4.78, 5) is 4.22. The molecule has 0 spiro atoms. The maximum atomic E-state index is 13.1. The lowest BCUT2D eigenvalue weighted by Gasteiger charge is -2.27. The Labute approximate surface area is 247 Å². The van der Waals surface area contributed by atoms with Gasteiger partial charge in [0.05, 0.1) is 11.0 Å². The zero-order valence-electron chi connectivity index (χ0n) is 24.1. The zero-order chi connectivity index (χ0) is 29.7. The minimum atomic E-state index is -3.79. The third-order valence-corrected chi connectivity index (χ3v) is 8.59. The second-order valence-electron chi connectivity index (χ2n) is 11.5. The van der Waals surface area contributed by atoms with Crippen LogP contribution in [-0.4, -0.2) is 37.7 Å². The Morgan fingerprint density at radius 3 is 2.40 bits per heavy atom. The molecule has 3 N–H and O–H groups in total. The highest BCUT2D eigenvalue weighted by Crippen LogP contribution is 2.31. The molecule has 1 aliphatic rings. The number of anilines is 1. The van der Waals surface area contributed by atoms with Gasteiger partial charge >= 0.3 is 0 Å². The summed E-state index contributed by atoms with van der Waals surface area (Å²) < 4.78 is 41.0. The third kappa shape index (κ3) is 7.47. The molecule has 0 bridgehead atoms. The molecule has 3 aromatic carbocycles. The van der Waals surface area contributed by atoms with E-state index in [0.717, 1.165) is 17.5 Å². The fraction of sp³-hybridized carbons (Fsp3) is 0.303. The average Bonchev–Trinajstić information content (AvgIpc) is 2.98. The molecule has 9 heteroatoms. The number of fused-ring (bicyclic) bond motifs is 1. The van der Waals surface area contributed by atoms with E-state index >= 15 is 0 Å². The fourth-order valence-electron chi connectivity index (χ4n) is 4.77. The quantitative estimate of drug-likeness (QED) is 0.209. The fourth-order valence-corrected chi connectivity index (χ4v) is 5.88. The molecule has 0 radical (unpaired) electrons. The lowest BCUT2D eigenvalue weighted by atomic mass is 9.87. The summed E-state index contributed by atoms with van der Waals surface area (Å²) in [7, 11) is -3.79. The van der Waals surface area contributed by atoms with Crippen molar-refractivity contribution >= 4 is 15.7 Å². The zero-order valence-corrected chi connectivity index (χ0v) is 24.9. The van der Waals surface area contributed by atoms with Crippen LogP contribution in [0.25, 0.3) is 0 Å². The van der Waals surface area contributed by atoms with Gasteiger partial charge in [-0.1, -0.05) is 39.0 Å². The van der Waals surface area contributed by atoms with E-state index in [9.17, 15) is 13.5 Å². The van der Waals surface area contributed by atoms with Crippen molar-refractivity contribution in [2.75, 3.05) is 17.8 Å². The molecule has 8 nitrogen and oxygen atoms in total. The predicted octanol–water partition coefficient (Wildman–Crippen LogP) is 5.99. The number of sulfonamides is 1. The van der Waals surface area contributed by atoms with Crippen molar-refractivity contribution in [2.24, 2.45) is 0 Å². The number of nitrogens with zero attached hydrogens (tertiary/aromatic N) is 1. The van der Waals surface area contributed by atoms with Crippen molar-refractivity contribution < 1.29 is 23.0 Å². The molecule has 0 amide bonds. The molecule has 1 aliphatic heterocycles. The van der Waals surface area contributed by atoms with Crippen LogP contribution >= 0.6 is 0 Å². The first-order valence-corrected chi connectivity index (χ1v) is 15.5. The van der Waals surface area contributed by atoms with Gasteiger partial charge in [-0.3, -0.25) is 9.71 Å². The number of pyridine rings is 1. The summed E-state index contributed by atoms with van der Waals surface area (Å²) in [6, 6.07) is 23.4. The molecule has 2 unspecified atom stereocenters. The lowest BCUT2D eigenvalue weighted by Crippen LogP contribution is -2.36. The first-order chi connectivity index (χ1) is 20.1. The SMILES string of the molecule is CC(C)(C)c1ccc(Oc2ccc(NS(=O)(=O)c3ccc4c(c3)CCC(CNCC(O)c3cccnc3)O4)cc2)cc1. The van der Waals surface area contributed by atoms with Crippen molar-refractivity contribution in [3.8, 4) is 17.2 Å². The topological polar surface area (TPSA) is 110 Å². The largest absolute Gasteiger partial charge is 0.489 e. The number of aliphatic hydroxyl groups excluding tert-OH is 1. The monoisotopic (exact) mass is 587 g/mol. The van der Waals surface area contributed by atoms with Crippen LogP contribution < -0.4 is 19.5 Å². The second kappa shape index (κ2) is 12.5. The molecular weight excluding hydrogens is 550 g/mol. The molecule has 4 aromatic rings. The number of hydrogen-bond donors (Lipinski definition) is 3. The molecule has 2 heterocycles. The van der Waals surface area contributed by atoms with Gasteiger partial charge in [-0.2, -0.15) is 0 Å². The number of nitrogens with one attached hydrogen (secondary N) is 2. The van der Waals surface area contributed by atoms with Crippen molar-refractivity contribution in [1.82, 2.24) is 10.3 Å². The van der Waals surface area contributed by atoms with Crippen molar-refractivity contribution in [3.05, 3.63) is 108 Å². The number of hydrogen-bond acceptors (Lipinski definition) is 7.